The summed E-state index contributed by atoms with van der Waals surface area (Å²) in [5.74, 6) is 0. The van der Waals surface area contributed by atoms with Crippen molar-refractivity contribution in [2.45, 2.75) is 40.7 Å². The van der Waals surface area contributed by atoms with Crippen LogP contribution >= 0.6 is 0 Å². The van der Waals surface area contributed by atoms with E-state index >= 15 is 0 Å². The number of pyridine rings is 1. The Morgan fingerprint density at radius 3 is 2.14 bits per heavy atom. The Bertz CT molecular complexity index is 350. The van der Waals surface area contributed by atoms with Crippen LogP contribution in [0.1, 0.15) is 34.6 Å². The normalized spacial score (nSPS) is 15.3. The van der Waals surface area contributed by atoms with Gasteiger partial charge in [-0.15, -0.1) is 0 Å². The van der Waals surface area contributed by atoms with E-state index in [1.165, 1.54) is 5.69 Å². The second kappa shape index (κ2) is 12.3. The lowest BCUT2D eigenvalue weighted by Gasteiger charge is -2.37. The first-order valence-electron chi connectivity index (χ1n) is 7.94. The quantitative estimate of drug-likeness (QED) is 0.784. The Labute approximate surface area is 130 Å². The zero-order valence-corrected chi connectivity index (χ0v) is 14.6. The van der Waals surface area contributed by atoms with E-state index in [9.17, 15) is 0 Å². The van der Waals surface area contributed by atoms with E-state index in [4.69, 9.17) is 0 Å². The summed E-state index contributed by atoms with van der Waals surface area (Å²) in [6.45, 7) is 15.0. The molecule has 1 aliphatic heterocycles. The summed E-state index contributed by atoms with van der Waals surface area (Å²) < 4.78 is 0. The number of nitrogens with zero attached hydrogens (tertiary/aromatic N) is 4. The molecule has 0 spiro atoms. The van der Waals surface area contributed by atoms with Gasteiger partial charge >= 0.3 is 0 Å². The minimum atomic E-state index is 0.668. The van der Waals surface area contributed by atoms with Gasteiger partial charge in [0.2, 0.25) is 0 Å². The third-order valence-corrected chi connectivity index (χ3v) is 3.31. The highest BCUT2D eigenvalue weighted by Gasteiger charge is 2.18. The van der Waals surface area contributed by atoms with Crippen LogP contribution in [0.15, 0.2) is 29.5 Å². The average Bonchev–Trinajstić information content (AvgIpc) is 2.58. The summed E-state index contributed by atoms with van der Waals surface area (Å²) in [7, 11) is 1.75. The van der Waals surface area contributed by atoms with Crippen molar-refractivity contribution in [3.05, 3.63) is 24.5 Å². The minimum absolute atomic E-state index is 0.668. The molecule has 1 saturated heterocycles. The van der Waals surface area contributed by atoms with Crippen molar-refractivity contribution < 1.29 is 0 Å². The van der Waals surface area contributed by atoms with Crippen molar-refractivity contribution in [3.8, 4) is 0 Å². The maximum absolute atomic E-state index is 4.16. The molecule has 1 aromatic heterocycles. The van der Waals surface area contributed by atoms with Crippen LogP contribution in [0, 0.1) is 0 Å². The van der Waals surface area contributed by atoms with Crippen LogP contribution in [0.4, 0.5) is 5.69 Å². The van der Waals surface area contributed by atoms with Gasteiger partial charge in [0.05, 0.1) is 11.9 Å². The van der Waals surface area contributed by atoms with Crippen molar-refractivity contribution in [2.75, 3.05) is 38.1 Å². The van der Waals surface area contributed by atoms with Gasteiger partial charge in [-0.05, 0) is 39.1 Å². The molecule has 21 heavy (non-hydrogen) atoms. The van der Waals surface area contributed by atoms with Crippen molar-refractivity contribution >= 4 is 11.9 Å². The molecule has 0 unspecified atom stereocenters. The summed E-state index contributed by atoms with van der Waals surface area (Å²) in [5, 5.41) is 0. The smallest absolute Gasteiger partial charge is 0.0553 e. The van der Waals surface area contributed by atoms with Gasteiger partial charge in [0.25, 0.3) is 0 Å². The Balaban J connectivity index is 0.000000579. The molecule has 1 fully saturated rings. The van der Waals surface area contributed by atoms with Gasteiger partial charge in [0.1, 0.15) is 0 Å². The summed E-state index contributed by atoms with van der Waals surface area (Å²) in [6.07, 6.45) is 5.53. The molecule has 1 aromatic rings. The summed E-state index contributed by atoms with van der Waals surface area (Å²) in [5.41, 5.74) is 1.25. The Morgan fingerprint density at radius 2 is 1.76 bits per heavy atom. The Hall–Kier alpha value is -1.42. The van der Waals surface area contributed by atoms with E-state index in [2.05, 4.69) is 39.7 Å². The fourth-order valence-electron chi connectivity index (χ4n) is 2.04. The van der Waals surface area contributed by atoms with Crippen molar-refractivity contribution in [1.29, 1.82) is 0 Å². The molecule has 0 bridgehead atoms. The molecule has 1 aliphatic rings. The first-order valence-corrected chi connectivity index (χ1v) is 7.94. The molecule has 0 atom stereocenters. The van der Waals surface area contributed by atoms with Crippen molar-refractivity contribution in [3.63, 3.8) is 0 Å². The van der Waals surface area contributed by atoms with Crippen molar-refractivity contribution in [1.82, 2.24) is 9.88 Å². The summed E-state index contributed by atoms with van der Waals surface area (Å²) in [6, 6.07) is 4.81. The highest BCUT2D eigenvalue weighted by atomic mass is 15.3. The van der Waals surface area contributed by atoms with Gasteiger partial charge in [-0.1, -0.05) is 13.8 Å². The number of aliphatic imine (C=N–C) groups is 1. The molecule has 0 radical (unpaired) electrons. The molecule has 2 rings (SSSR count). The zero-order valence-electron chi connectivity index (χ0n) is 14.6. The summed E-state index contributed by atoms with van der Waals surface area (Å²) in [4.78, 5) is 12.7. The van der Waals surface area contributed by atoms with Crippen LogP contribution in [-0.4, -0.2) is 55.4 Å². The number of piperazine rings is 1. The van der Waals surface area contributed by atoms with Crippen molar-refractivity contribution in [2.24, 2.45) is 4.99 Å². The highest BCUT2D eigenvalue weighted by Crippen LogP contribution is 2.15. The molecule has 0 amide bonds. The fraction of sp³-hybridized carbons (Fsp3) is 0.647. The lowest BCUT2D eigenvalue weighted by Crippen LogP contribution is -2.48. The molecule has 4 heteroatoms. The third kappa shape index (κ3) is 7.81. The molecule has 0 aromatic carbocycles. The number of anilines is 1. The number of hydrogen-bond acceptors (Lipinski definition) is 4. The number of rotatable bonds is 2. The van der Waals surface area contributed by atoms with Crippen LogP contribution in [0.2, 0.25) is 0 Å². The van der Waals surface area contributed by atoms with E-state index in [1.54, 1.807) is 13.3 Å². The molecular weight excluding hydrogens is 260 g/mol. The molecule has 0 aliphatic carbocycles. The maximum Gasteiger partial charge on any atom is 0.0553 e. The largest absolute Gasteiger partial charge is 0.368 e. The minimum Gasteiger partial charge on any atom is -0.368 e. The van der Waals surface area contributed by atoms with Gasteiger partial charge in [-0.2, -0.15) is 0 Å². The predicted molar refractivity (Wildman–Crippen MR) is 94.6 cm³/mol. The second-order valence-electron chi connectivity index (χ2n) is 4.84. The second-order valence-corrected chi connectivity index (χ2v) is 4.84. The lowest BCUT2D eigenvalue weighted by molar-refractivity contribution is 0.209. The Morgan fingerprint density at radius 1 is 1.19 bits per heavy atom. The number of aromatic nitrogens is 1. The Kier molecular flexibility index (Phi) is 11.5. The van der Waals surface area contributed by atoms with Crippen LogP contribution in [0.5, 0.6) is 0 Å². The average molecular weight is 292 g/mol. The van der Waals surface area contributed by atoms with E-state index < -0.39 is 0 Å². The predicted octanol–water partition coefficient (Wildman–Crippen LogP) is 3.35. The molecular formula is C17H32N4. The van der Waals surface area contributed by atoms with Gasteiger partial charge < -0.3 is 9.89 Å². The van der Waals surface area contributed by atoms with Crippen LogP contribution in [0.3, 0.4) is 0 Å². The third-order valence-electron chi connectivity index (χ3n) is 3.31. The molecule has 0 saturated carbocycles. The molecule has 4 nitrogen and oxygen atoms in total. The standard InChI is InChI=1S/C12H19N3.C3H7N.C2H6/c1-11(2)14-6-8-15(9-7-14)12-4-3-5-13-10-12;1-3-4-2;1-2/h3-5,10-11H,6-9H2,1-2H3;3H,1-2H3;1-2H3. The summed E-state index contributed by atoms with van der Waals surface area (Å²) >= 11 is 0. The molecule has 0 N–H and O–H groups in total. The zero-order chi connectivity index (χ0) is 16.1. The lowest BCUT2D eigenvalue weighted by atomic mass is 10.2. The topological polar surface area (TPSA) is 31.7 Å². The van der Waals surface area contributed by atoms with Crippen LogP contribution in [0.25, 0.3) is 0 Å². The van der Waals surface area contributed by atoms with Gasteiger partial charge in [0, 0.05) is 45.5 Å². The van der Waals surface area contributed by atoms with Crippen LogP contribution < -0.4 is 4.90 Å². The molecule has 120 valence electrons. The highest BCUT2D eigenvalue weighted by molar-refractivity contribution is 5.52. The fourth-order valence-corrected chi connectivity index (χ4v) is 2.04. The van der Waals surface area contributed by atoms with Gasteiger partial charge in [0.15, 0.2) is 0 Å². The van der Waals surface area contributed by atoms with E-state index in [-0.39, 0.29) is 0 Å². The van der Waals surface area contributed by atoms with E-state index in [0.717, 1.165) is 26.2 Å². The SMILES string of the molecule is CC.CC(C)N1CCN(c2cccnc2)CC1.CC=NC. The van der Waals surface area contributed by atoms with E-state index in [0.29, 0.717) is 6.04 Å². The molecule has 2 heterocycles. The maximum atomic E-state index is 4.16. The van der Waals surface area contributed by atoms with Gasteiger partial charge in [-0.3, -0.25) is 9.88 Å². The van der Waals surface area contributed by atoms with Gasteiger partial charge in [-0.25, -0.2) is 0 Å². The number of hydrogen-bond donors (Lipinski definition) is 0. The first-order chi connectivity index (χ1) is 10.2. The first kappa shape index (κ1) is 19.6. The monoisotopic (exact) mass is 292 g/mol. The van der Waals surface area contributed by atoms with Crippen LogP contribution in [-0.2, 0) is 0 Å². The van der Waals surface area contributed by atoms with E-state index in [1.807, 2.05) is 39.2 Å².